The predicted molar refractivity (Wildman–Crippen MR) is 77.1 cm³/mol. The summed E-state index contributed by atoms with van der Waals surface area (Å²) in [5, 5.41) is 3.41. The smallest absolute Gasteiger partial charge is 0.122 e. The van der Waals surface area contributed by atoms with Crippen molar-refractivity contribution in [1.82, 2.24) is 5.32 Å². The molecule has 1 rings (SSSR count). The standard InChI is InChI=1S/C15H26N2O/c1-10(6-7-16)15(17-4)13-8-12(3)14(18-5)9-11(13)2/h8-10,15,17H,6-7,16H2,1-5H3. The van der Waals surface area contributed by atoms with Crippen molar-refractivity contribution in [3.63, 3.8) is 0 Å². The van der Waals surface area contributed by atoms with E-state index in [9.17, 15) is 0 Å². The summed E-state index contributed by atoms with van der Waals surface area (Å²) < 4.78 is 5.36. The average Bonchev–Trinajstić information content (AvgIpc) is 2.34. The fourth-order valence-corrected chi connectivity index (χ4v) is 2.54. The van der Waals surface area contributed by atoms with Gasteiger partial charge in [-0.2, -0.15) is 0 Å². The second kappa shape index (κ2) is 6.76. The molecule has 0 heterocycles. The number of hydrogen-bond acceptors (Lipinski definition) is 3. The summed E-state index contributed by atoms with van der Waals surface area (Å²) in [5.41, 5.74) is 9.45. The summed E-state index contributed by atoms with van der Waals surface area (Å²) in [4.78, 5) is 0. The van der Waals surface area contributed by atoms with Crippen molar-refractivity contribution in [2.24, 2.45) is 11.7 Å². The predicted octanol–water partition coefficient (Wildman–Crippen LogP) is 2.56. The molecule has 0 aromatic heterocycles. The fraction of sp³-hybridized carbons (Fsp3) is 0.600. The van der Waals surface area contributed by atoms with Crippen LogP contribution >= 0.6 is 0 Å². The molecule has 2 unspecified atom stereocenters. The molecule has 1 aromatic carbocycles. The van der Waals surface area contributed by atoms with Gasteiger partial charge in [-0.15, -0.1) is 0 Å². The Hall–Kier alpha value is -1.06. The Kier molecular flexibility index (Phi) is 5.63. The van der Waals surface area contributed by atoms with Crippen LogP contribution in [0.15, 0.2) is 12.1 Å². The number of methoxy groups -OCH3 is 1. The third-order valence-electron chi connectivity index (χ3n) is 3.62. The Bertz CT molecular complexity index is 390. The molecule has 0 radical (unpaired) electrons. The van der Waals surface area contributed by atoms with Crippen LogP contribution in [0.2, 0.25) is 0 Å². The van der Waals surface area contributed by atoms with E-state index in [0.29, 0.717) is 12.0 Å². The van der Waals surface area contributed by atoms with Crippen LogP contribution in [0.25, 0.3) is 0 Å². The van der Waals surface area contributed by atoms with E-state index >= 15 is 0 Å². The Balaban J connectivity index is 3.09. The zero-order valence-corrected chi connectivity index (χ0v) is 12.2. The fourth-order valence-electron chi connectivity index (χ4n) is 2.54. The Morgan fingerprint density at radius 3 is 2.44 bits per heavy atom. The van der Waals surface area contributed by atoms with E-state index in [1.807, 2.05) is 7.05 Å². The van der Waals surface area contributed by atoms with Crippen LogP contribution in [-0.4, -0.2) is 20.7 Å². The van der Waals surface area contributed by atoms with Gasteiger partial charge >= 0.3 is 0 Å². The molecule has 0 bridgehead atoms. The number of benzene rings is 1. The first kappa shape index (κ1) is 15.0. The summed E-state index contributed by atoms with van der Waals surface area (Å²) in [6, 6.07) is 4.69. The summed E-state index contributed by atoms with van der Waals surface area (Å²) in [6.07, 6.45) is 1.02. The molecule has 0 amide bonds. The third-order valence-corrected chi connectivity index (χ3v) is 3.62. The highest BCUT2D eigenvalue weighted by atomic mass is 16.5. The van der Waals surface area contributed by atoms with E-state index in [1.54, 1.807) is 7.11 Å². The van der Waals surface area contributed by atoms with Crippen LogP contribution in [0.5, 0.6) is 5.75 Å². The van der Waals surface area contributed by atoms with Crippen molar-refractivity contribution < 1.29 is 4.74 Å². The van der Waals surface area contributed by atoms with Gasteiger partial charge in [-0.1, -0.05) is 13.0 Å². The maximum atomic E-state index is 5.67. The molecule has 102 valence electrons. The van der Waals surface area contributed by atoms with E-state index in [2.05, 4.69) is 38.2 Å². The summed E-state index contributed by atoms with van der Waals surface area (Å²) >= 11 is 0. The van der Waals surface area contributed by atoms with Gasteiger partial charge in [0.2, 0.25) is 0 Å². The van der Waals surface area contributed by atoms with Crippen LogP contribution in [0, 0.1) is 19.8 Å². The minimum atomic E-state index is 0.346. The number of nitrogens with two attached hydrogens (primary N) is 1. The average molecular weight is 250 g/mol. The Morgan fingerprint density at radius 2 is 1.94 bits per heavy atom. The van der Waals surface area contributed by atoms with Crippen LogP contribution < -0.4 is 15.8 Å². The molecule has 1 aromatic rings. The number of ether oxygens (including phenoxy) is 1. The monoisotopic (exact) mass is 250 g/mol. The van der Waals surface area contributed by atoms with Gasteiger partial charge in [-0.05, 0) is 62.5 Å². The van der Waals surface area contributed by atoms with Crippen molar-refractivity contribution in [1.29, 1.82) is 0 Å². The first-order chi connectivity index (χ1) is 8.54. The van der Waals surface area contributed by atoms with Gasteiger partial charge in [0.05, 0.1) is 7.11 Å². The molecule has 0 aliphatic carbocycles. The highest BCUT2D eigenvalue weighted by Crippen LogP contribution is 2.31. The molecular weight excluding hydrogens is 224 g/mol. The largest absolute Gasteiger partial charge is 0.496 e. The molecule has 3 heteroatoms. The van der Waals surface area contributed by atoms with E-state index in [0.717, 1.165) is 18.7 Å². The molecule has 0 saturated heterocycles. The second-order valence-electron chi connectivity index (χ2n) is 5.00. The number of rotatable bonds is 6. The molecule has 18 heavy (non-hydrogen) atoms. The van der Waals surface area contributed by atoms with Crippen molar-refractivity contribution in [2.45, 2.75) is 33.2 Å². The zero-order chi connectivity index (χ0) is 13.7. The minimum absolute atomic E-state index is 0.346. The van der Waals surface area contributed by atoms with Crippen LogP contribution in [0.3, 0.4) is 0 Å². The summed E-state index contributed by atoms with van der Waals surface area (Å²) in [5.74, 6) is 1.48. The van der Waals surface area contributed by atoms with Gasteiger partial charge in [0.1, 0.15) is 5.75 Å². The Labute approximate surface area is 111 Å². The van der Waals surface area contributed by atoms with Crippen LogP contribution in [-0.2, 0) is 0 Å². The quantitative estimate of drug-likeness (QED) is 0.815. The lowest BCUT2D eigenvalue weighted by Gasteiger charge is -2.26. The molecule has 0 saturated carbocycles. The normalized spacial score (nSPS) is 14.3. The molecule has 3 N–H and O–H groups in total. The molecule has 2 atom stereocenters. The van der Waals surface area contributed by atoms with Crippen molar-refractivity contribution >= 4 is 0 Å². The van der Waals surface area contributed by atoms with Crippen molar-refractivity contribution in [3.05, 3.63) is 28.8 Å². The topological polar surface area (TPSA) is 47.3 Å². The third kappa shape index (κ3) is 3.24. The van der Waals surface area contributed by atoms with E-state index in [1.165, 1.54) is 16.7 Å². The second-order valence-corrected chi connectivity index (χ2v) is 5.00. The number of aryl methyl sites for hydroxylation is 2. The van der Waals surface area contributed by atoms with Crippen molar-refractivity contribution in [3.8, 4) is 5.75 Å². The highest BCUT2D eigenvalue weighted by molar-refractivity contribution is 5.43. The SMILES string of the molecule is CNC(c1cc(C)c(OC)cc1C)C(C)CCN. The van der Waals surface area contributed by atoms with Gasteiger partial charge in [-0.3, -0.25) is 0 Å². The van der Waals surface area contributed by atoms with E-state index in [-0.39, 0.29) is 0 Å². The molecule has 0 spiro atoms. The molecule has 0 aliphatic rings. The molecular formula is C15H26N2O. The highest BCUT2D eigenvalue weighted by Gasteiger charge is 2.19. The maximum absolute atomic E-state index is 5.67. The molecule has 0 fully saturated rings. The lowest BCUT2D eigenvalue weighted by Crippen LogP contribution is -2.26. The van der Waals surface area contributed by atoms with Crippen LogP contribution in [0.1, 0.15) is 36.1 Å². The minimum Gasteiger partial charge on any atom is -0.496 e. The van der Waals surface area contributed by atoms with Gasteiger partial charge in [0.25, 0.3) is 0 Å². The van der Waals surface area contributed by atoms with E-state index < -0.39 is 0 Å². The number of nitrogens with one attached hydrogen (secondary N) is 1. The van der Waals surface area contributed by atoms with Gasteiger partial charge in [0.15, 0.2) is 0 Å². The maximum Gasteiger partial charge on any atom is 0.122 e. The zero-order valence-electron chi connectivity index (χ0n) is 12.2. The van der Waals surface area contributed by atoms with Gasteiger partial charge in [-0.25, -0.2) is 0 Å². The lowest BCUT2D eigenvalue weighted by molar-refractivity contribution is 0.387. The first-order valence-corrected chi connectivity index (χ1v) is 6.57. The first-order valence-electron chi connectivity index (χ1n) is 6.57. The lowest BCUT2D eigenvalue weighted by atomic mass is 9.88. The summed E-state index contributed by atoms with van der Waals surface area (Å²) in [6.45, 7) is 7.19. The molecule has 0 aliphatic heterocycles. The number of hydrogen-bond donors (Lipinski definition) is 2. The summed E-state index contributed by atoms with van der Waals surface area (Å²) in [7, 11) is 3.73. The molecule has 3 nitrogen and oxygen atoms in total. The van der Waals surface area contributed by atoms with E-state index in [4.69, 9.17) is 10.5 Å². The Morgan fingerprint density at radius 1 is 1.28 bits per heavy atom. The van der Waals surface area contributed by atoms with Gasteiger partial charge < -0.3 is 15.8 Å². The van der Waals surface area contributed by atoms with Crippen LogP contribution in [0.4, 0.5) is 0 Å². The van der Waals surface area contributed by atoms with Crippen molar-refractivity contribution in [2.75, 3.05) is 20.7 Å². The van der Waals surface area contributed by atoms with Gasteiger partial charge in [0, 0.05) is 6.04 Å².